The lowest BCUT2D eigenvalue weighted by Gasteiger charge is -2.15. The first-order chi connectivity index (χ1) is 16.5. The summed E-state index contributed by atoms with van der Waals surface area (Å²) < 4.78 is 37.3. The van der Waals surface area contributed by atoms with Gasteiger partial charge >= 0.3 is 0 Å². The van der Waals surface area contributed by atoms with Gasteiger partial charge in [0, 0.05) is 0 Å². The number of hydrogen-bond acceptors (Lipinski definition) is 5. The molecule has 6 nitrogen and oxygen atoms in total. The highest BCUT2D eigenvalue weighted by Crippen LogP contribution is 2.37. The lowest BCUT2D eigenvalue weighted by atomic mass is 10.1. The molecule has 174 valence electrons. The monoisotopic (exact) mass is 538 g/mol. The Morgan fingerprint density at radius 3 is 2.47 bits per heavy atom. The number of sulfonamides is 1. The molecule has 0 aliphatic heterocycles. The van der Waals surface area contributed by atoms with E-state index in [0.717, 1.165) is 16.3 Å². The maximum absolute atomic E-state index is 12.3. The van der Waals surface area contributed by atoms with Crippen LogP contribution in [0.4, 0.5) is 0 Å². The van der Waals surface area contributed by atoms with Gasteiger partial charge in [-0.25, -0.2) is 4.83 Å². The SMILES string of the molecule is CCOc1cc(/C=N\NS(=O)(=O)c2ccccc2)cc(Br)c1OCc1cccc2ccccc12. The van der Waals surface area contributed by atoms with Crippen molar-refractivity contribution in [2.24, 2.45) is 5.10 Å². The fraction of sp³-hybridized carbons (Fsp3) is 0.115. The fourth-order valence-corrected chi connectivity index (χ4v) is 4.84. The quantitative estimate of drug-likeness (QED) is 0.213. The van der Waals surface area contributed by atoms with E-state index < -0.39 is 10.0 Å². The standard InChI is InChI=1S/C26H23BrN2O4S/c1-2-32-25-16-19(17-28-29-34(30,31)22-12-4-3-5-13-22)15-24(27)26(25)33-18-21-11-8-10-20-9-6-7-14-23(20)21/h3-17,29H,2,18H2,1H3/b28-17-. The number of hydrazone groups is 1. The molecule has 0 amide bonds. The van der Waals surface area contributed by atoms with Crippen molar-refractivity contribution in [1.82, 2.24) is 4.83 Å². The lowest BCUT2D eigenvalue weighted by Crippen LogP contribution is -2.18. The van der Waals surface area contributed by atoms with Crippen LogP contribution in [0, 0.1) is 0 Å². The van der Waals surface area contributed by atoms with Gasteiger partial charge in [-0.15, -0.1) is 0 Å². The number of nitrogens with one attached hydrogen (secondary N) is 1. The van der Waals surface area contributed by atoms with Gasteiger partial charge in [-0.1, -0.05) is 60.7 Å². The molecular weight excluding hydrogens is 516 g/mol. The molecule has 0 radical (unpaired) electrons. The normalized spacial score (nSPS) is 11.6. The summed E-state index contributed by atoms with van der Waals surface area (Å²) in [4.78, 5) is 2.37. The van der Waals surface area contributed by atoms with Gasteiger partial charge in [-0.05, 0) is 69.0 Å². The highest BCUT2D eigenvalue weighted by atomic mass is 79.9. The van der Waals surface area contributed by atoms with Crippen molar-refractivity contribution in [2.45, 2.75) is 18.4 Å². The number of hydrogen-bond donors (Lipinski definition) is 1. The highest BCUT2D eigenvalue weighted by Gasteiger charge is 2.14. The van der Waals surface area contributed by atoms with Crippen LogP contribution in [0.15, 0.2) is 99.4 Å². The molecule has 8 heteroatoms. The molecule has 0 atom stereocenters. The summed E-state index contributed by atoms with van der Waals surface area (Å²) in [6, 6.07) is 25.9. The third kappa shape index (κ3) is 5.58. The first kappa shape index (κ1) is 23.8. The lowest BCUT2D eigenvalue weighted by molar-refractivity contribution is 0.268. The summed E-state index contributed by atoms with van der Waals surface area (Å²) in [5.41, 5.74) is 1.71. The van der Waals surface area contributed by atoms with E-state index in [0.29, 0.717) is 34.7 Å². The maximum atomic E-state index is 12.3. The minimum atomic E-state index is -3.74. The van der Waals surface area contributed by atoms with Crippen molar-refractivity contribution >= 4 is 42.9 Å². The topological polar surface area (TPSA) is 77.0 Å². The number of nitrogens with zero attached hydrogens (tertiary/aromatic N) is 1. The van der Waals surface area contributed by atoms with Gasteiger partial charge in [-0.2, -0.15) is 13.5 Å². The Hall–Kier alpha value is -3.36. The van der Waals surface area contributed by atoms with Gasteiger partial charge in [0.1, 0.15) is 6.61 Å². The zero-order valence-electron chi connectivity index (χ0n) is 18.4. The molecule has 0 aliphatic rings. The van der Waals surface area contributed by atoms with E-state index in [-0.39, 0.29) is 4.90 Å². The summed E-state index contributed by atoms with van der Waals surface area (Å²) in [6.45, 7) is 2.69. The zero-order chi connectivity index (χ0) is 24.0. The molecule has 0 saturated carbocycles. The van der Waals surface area contributed by atoms with Crippen LogP contribution in [0.5, 0.6) is 11.5 Å². The van der Waals surface area contributed by atoms with Crippen LogP contribution in [0.25, 0.3) is 10.8 Å². The third-order valence-electron chi connectivity index (χ3n) is 5.02. The molecule has 0 heterocycles. The second-order valence-corrected chi connectivity index (χ2v) is 9.87. The highest BCUT2D eigenvalue weighted by molar-refractivity contribution is 9.10. The molecule has 1 N–H and O–H groups in total. The molecule has 0 unspecified atom stereocenters. The van der Waals surface area contributed by atoms with Crippen LogP contribution < -0.4 is 14.3 Å². The van der Waals surface area contributed by atoms with Crippen molar-refractivity contribution in [3.63, 3.8) is 0 Å². The Kier molecular flexibility index (Phi) is 7.49. The van der Waals surface area contributed by atoms with Gasteiger partial charge in [0.15, 0.2) is 11.5 Å². The van der Waals surface area contributed by atoms with E-state index in [9.17, 15) is 8.42 Å². The van der Waals surface area contributed by atoms with Crippen LogP contribution >= 0.6 is 15.9 Å². The predicted molar refractivity (Wildman–Crippen MR) is 138 cm³/mol. The van der Waals surface area contributed by atoms with Crippen molar-refractivity contribution in [3.05, 3.63) is 101 Å². The average molecular weight is 539 g/mol. The number of benzene rings is 4. The molecule has 0 spiro atoms. The summed E-state index contributed by atoms with van der Waals surface area (Å²) >= 11 is 3.55. The van der Waals surface area contributed by atoms with E-state index in [1.807, 2.05) is 31.2 Å². The van der Waals surface area contributed by atoms with E-state index in [4.69, 9.17) is 9.47 Å². The first-order valence-corrected chi connectivity index (χ1v) is 12.9. The molecule has 0 bridgehead atoms. The Bertz CT molecular complexity index is 1420. The Morgan fingerprint density at radius 2 is 1.68 bits per heavy atom. The molecule has 0 aromatic heterocycles. The summed E-state index contributed by atoms with van der Waals surface area (Å²) in [6.07, 6.45) is 1.42. The summed E-state index contributed by atoms with van der Waals surface area (Å²) in [7, 11) is -3.74. The number of ether oxygens (including phenoxy) is 2. The van der Waals surface area contributed by atoms with Gasteiger partial charge in [0.25, 0.3) is 10.0 Å². The molecule has 34 heavy (non-hydrogen) atoms. The zero-order valence-corrected chi connectivity index (χ0v) is 20.8. The second kappa shape index (κ2) is 10.7. The van der Waals surface area contributed by atoms with E-state index >= 15 is 0 Å². The van der Waals surface area contributed by atoms with E-state index in [1.54, 1.807) is 30.3 Å². The van der Waals surface area contributed by atoms with Gasteiger partial charge in [0.2, 0.25) is 0 Å². The molecule has 4 rings (SSSR count). The molecule has 4 aromatic carbocycles. The molecule has 0 fully saturated rings. The van der Waals surface area contributed by atoms with Crippen LogP contribution in [0.2, 0.25) is 0 Å². The Labute approximate surface area is 207 Å². The first-order valence-electron chi connectivity index (χ1n) is 10.6. The van der Waals surface area contributed by atoms with E-state index in [1.165, 1.54) is 18.3 Å². The number of fused-ring (bicyclic) bond motifs is 1. The minimum Gasteiger partial charge on any atom is -0.490 e. The van der Waals surface area contributed by atoms with Gasteiger partial charge in [0.05, 0.1) is 22.2 Å². The third-order valence-corrected chi connectivity index (χ3v) is 6.85. The number of rotatable bonds is 9. The maximum Gasteiger partial charge on any atom is 0.276 e. The van der Waals surface area contributed by atoms with Crippen LogP contribution in [0.3, 0.4) is 0 Å². The minimum absolute atomic E-state index is 0.139. The average Bonchev–Trinajstić information content (AvgIpc) is 2.84. The Balaban J connectivity index is 1.54. The smallest absolute Gasteiger partial charge is 0.276 e. The molecular formula is C26H23BrN2O4S. The van der Waals surface area contributed by atoms with Crippen LogP contribution in [0.1, 0.15) is 18.1 Å². The fourth-order valence-electron chi connectivity index (χ4n) is 3.46. The summed E-state index contributed by atoms with van der Waals surface area (Å²) in [5.74, 6) is 1.10. The summed E-state index contributed by atoms with van der Waals surface area (Å²) in [5, 5.41) is 6.19. The van der Waals surface area contributed by atoms with Gasteiger partial charge < -0.3 is 9.47 Å². The van der Waals surface area contributed by atoms with Crippen LogP contribution in [-0.4, -0.2) is 21.2 Å². The predicted octanol–water partition coefficient (Wildman–Crippen LogP) is 5.89. The molecule has 4 aromatic rings. The largest absolute Gasteiger partial charge is 0.490 e. The van der Waals surface area contributed by atoms with Gasteiger partial charge in [-0.3, -0.25) is 0 Å². The Morgan fingerprint density at radius 1 is 0.941 bits per heavy atom. The van der Waals surface area contributed by atoms with Crippen molar-refractivity contribution in [1.29, 1.82) is 0 Å². The molecule has 0 saturated heterocycles. The van der Waals surface area contributed by atoms with E-state index in [2.05, 4.69) is 44.1 Å². The van der Waals surface area contributed by atoms with Crippen molar-refractivity contribution < 1.29 is 17.9 Å². The second-order valence-electron chi connectivity index (χ2n) is 7.36. The van der Waals surface area contributed by atoms with Crippen molar-refractivity contribution in [2.75, 3.05) is 6.61 Å². The van der Waals surface area contributed by atoms with Crippen molar-refractivity contribution in [3.8, 4) is 11.5 Å². The van der Waals surface area contributed by atoms with Crippen LogP contribution in [-0.2, 0) is 16.6 Å². The molecule has 0 aliphatic carbocycles. The number of halogens is 1.